The van der Waals surface area contributed by atoms with Crippen LogP contribution in [0.3, 0.4) is 0 Å². The van der Waals surface area contributed by atoms with E-state index in [1.807, 2.05) is 39.0 Å². The van der Waals surface area contributed by atoms with Gasteiger partial charge in [-0.2, -0.15) is 0 Å². The lowest BCUT2D eigenvalue weighted by atomic mass is 9.89. The minimum atomic E-state index is -3.40. The van der Waals surface area contributed by atoms with Gasteiger partial charge in [-0.3, -0.25) is 9.52 Å². The van der Waals surface area contributed by atoms with E-state index in [0.29, 0.717) is 17.7 Å². The predicted octanol–water partition coefficient (Wildman–Crippen LogP) is 3.40. The highest BCUT2D eigenvalue weighted by Crippen LogP contribution is 2.40. The number of rotatable bonds is 4. The van der Waals surface area contributed by atoms with Crippen molar-refractivity contribution in [1.82, 2.24) is 5.32 Å². The standard InChI is InChI=1S/C20H24N2O4S/c1-13-8-9-16-17(12-20(2,3)26-18(16)10-13)21-19(23)14-6-5-7-15(11-14)22-27(4,24)25/h5-11,17,22H,12H2,1-4H3,(H,21,23). The second-order valence-electron chi connectivity index (χ2n) is 7.59. The van der Waals surface area contributed by atoms with Crippen molar-refractivity contribution in [3.8, 4) is 5.75 Å². The number of nitrogens with one attached hydrogen (secondary N) is 2. The third-order valence-electron chi connectivity index (χ3n) is 4.36. The summed E-state index contributed by atoms with van der Waals surface area (Å²) in [5.41, 5.74) is 2.38. The second-order valence-corrected chi connectivity index (χ2v) is 9.34. The number of carbonyl (C=O) groups is 1. The normalized spacial score (nSPS) is 18.1. The molecule has 2 aromatic rings. The zero-order chi connectivity index (χ0) is 19.8. The lowest BCUT2D eigenvalue weighted by Gasteiger charge is -2.38. The molecular formula is C20H24N2O4S. The van der Waals surface area contributed by atoms with Crippen LogP contribution in [0.15, 0.2) is 42.5 Å². The first kappa shape index (κ1) is 19.2. The van der Waals surface area contributed by atoms with E-state index in [2.05, 4.69) is 10.0 Å². The van der Waals surface area contributed by atoms with E-state index < -0.39 is 15.6 Å². The number of benzene rings is 2. The number of carbonyl (C=O) groups excluding carboxylic acids is 1. The molecule has 3 rings (SSSR count). The van der Waals surface area contributed by atoms with E-state index >= 15 is 0 Å². The molecule has 1 aliphatic rings. The summed E-state index contributed by atoms with van der Waals surface area (Å²) in [4.78, 5) is 12.8. The lowest BCUT2D eigenvalue weighted by Crippen LogP contribution is -2.41. The zero-order valence-corrected chi connectivity index (χ0v) is 16.7. The third-order valence-corrected chi connectivity index (χ3v) is 4.97. The van der Waals surface area contributed by atoms with Gasteiger partial charge in [-0.05, 0) is 50.6 Å². The van der Waals surface area contributed by atoms with Crippen molar-refractivity contribution < 1.29 is 17.9 Å². The number of hydrogen-bond donors (Lipinski definition) is 2. The summed E-state index contributed by atoms with van der Waals surface area (Å²) in [5, 5.41) is 3.06. The average Bonchev–Trinajstić information content (AvgIpc) is 2.51. The Morgan fingerprint density at radius 2 is 1.93 bits per heavy atom. The summed E-state index contributed by atoms with van der Waals surface area (Å²) in [7, 11) is -3.40. The van der Waals surface area contributed by atoms with Crippen LogP contribution in [0.4, 0.5) is 5.69 Å². The van der Waals surface area contributed by atoms with Crippen LogP contribution < -0.4 is 14.8 Å². The number of anilines is 1. The molecule has 144 valence electrons. The maximum Gasteiger partial charge on any atom is 0.251 e. The highest BCUT2D eigenvalue weighted by atomic mass is 32.2. The Morgan fingerprint density at radius 1 is 1.19 bits per heavy atom. The molecule has 6 nitrogen and oxygen atoms in total. The molecule has 1 heterocycles. The monoisotopic (exact) mass is 388 g/mol. The Hall–Kier alpha value is -2.54. The fraction of sp³-hybridized carbons (Fsp3) is 0.350. The fourth-order valence-corrected chi connectivity index (χ4v) is 3.82. The molecular weight excluding hydrogens is 364 g/mol. The number of fused-ring (bicyclic) bond motifs is 1. The van der Waals surface area contributed by atoms with Crippen LogP contribution in [0.25, 0.3) is 0 Å². The van der Waals surface area contributed by atoms with E-state index in [0.717, 1.165) is 23.1 Å². The molecule has 1 amide bonds. The van der Waals surface area contributed by atoms with Crippen LogP contribution in [0.2, 0.25) is 0 Å². The molecule has 0 bridgehead atoms. The van der Waals surface area contributed by atoms with Gasteiger partial charge in [0.1, 0.15) is 11.4 Å². The summed E-state index contributed by atoms with van der Waals surface area (Å²) >= 11 is 0. The maximum atomic E-state index is 12.8. The molecule has 2 N–H and O–H groups in total. The van der Waals surface area contributed by atoms with Gasteiger partial charge in [-0.1, -0.05) is 18.2 Å². The molecule has 0 spiro atoms. The Balaban J connectivity index is 1.85. The van der Waals surface area contributed by atoms with Gasteiger partial charge in [0.15, 0.2) is 0 Å². The van der Waals surface area contributed by atoms with E-state index in [1.165, 1.54) is 6.07 Å². The number of hydrogen-bond acceptors (Lipinski definition) is 4. The first-order chi connectivity index (χ1) is 12.5. The smallest absolute Gasteiger partial charge is 0.251 e. The van der Waals surface area contributed by atoms with Gasteiger partial charge in [0.25, 0.3) is 5.91 Å². The van der Waals surface area contributed by atoms with Crippen LogP contribution in [-0.2, 0) is 10.0 Å². The first-order valence-electron chi connectivity index (χ1n) is 8.71. The Kier molecular flexibility index (Phi) is 4.90. The van der Waals surface area contributed by atoms with E-state index in [1.54, 1.807) is 18.2 Å². The van der Waals surface area contributed by atoms with E-state index in [9.17, 15) is 13.2 Å². The molecule has 1 aliphatic heterocycles. The summed E-state index contributed by atoms with van der Waals surface area (Å²) < 4.78 is 31.3. The SMILES string of the molecule is Cc1ccc2c(c1)OC(C)(C)CC2NC(=O)c1cccc(NS(C)(=O)=O)c1. The molecule has 27 heavy (non-hydrogen) atoms. The molecule has 0 aromatic heterocycles. The molecule has 2 aromatic carbocycles. The fourth-order valence-electron chi connectivity index (χ4n) is 3.27. The van der Waals surface area contributed by atoms with Crippen molar-refractivity contribution in [3.05, 3.63) is 59.2 Å². The minimum Gasteiger partial charge on any atom is -0.487 e. The summed E-state index contributed by atoms with van der Waals surface area (Å²) in [5.74, 6) is 0.519. The van der Waals surface area contributed by atoms with Gasteiger partial charge in [-0.15, -0.1) is 0 Å². The van der Waals surface area contributed by atoms with Crippen molar-refractivity contribution in [2.24, 2.45) is 0 Å². The molecule has 0 fully saturated rings. The summed E-state index contributed by atoms with van der Waals surface area (Å²) in [6.45, 7) is 5.99. The topological polar surface area (TPSA) is 84.5 Å². The zero-order valence-electron chi connectivity index (χ0n) is 15.9. The average molecular weight is 388 g/mol. The largest absolute Gasteiger partial charge is 0.487 e. The first-order valence-corrected chi connectivity index (χ1v) is 10.6. The van der Waals surface area contributed by atoms with E-state index in [4.69, 9.17) is 4.74 Å². The molecule has 1 atom stereocenters. The molecule has 0 radical (unpaired) electrons. The summed E-state index contributed by atoms with van der Waals surface area (Å²) in [6, 6.07) is 12.2. The number of ether oxygens (including phenoxy) is 1. The van der Waals surface area contributed by atoms with Crippen molar-refractivity contribution in [1.29, 1.82) is 0 Å². The molecule has 1 unspecified atom stereocenters. The molecule has 0 aliphatic carbocycles. The minimum absolute atomic E-state index is 0.191. The van der Waals surface area contributed by atoms with Crippen molar-refractivity contribution in [2.75, 3.05) is 11.0 Å². The van der Waals surface area contributed by atoms with Crippen molar-refractivity contribution in [2.45, 2.75) is 38.8 Å². The highest BCUT2D eigenvalue weighted by molar-refractivity contribution is 7.92. The predicted molar refractivity (Wildman–Crippen MR) is 106 cm³/mol. The van der Waals surface area contributed by atoms with Crippen LogP contribution in [0.1, 0.15) is 47.8 Å². The van der Waals surface area contributed by atoms with Crippen LogP contribution in [0.5, 0.6) is 5.75 Å². The quantitative estimate of drug-likeness (QED) is 0.841. The van der Waals surface area contributed by atoms with Gasteiger partial charge < -0.3 is 10.1 Å². The van der Waals surface area contributed by atoms with Gasteiger partial charge in [0.05, 0.1) is 12.3 Å². The molecule has 0 saturated carbocycles. The van der Waals surface area contributed by atoms with Crippen molar-refractivity contribution in [3.63, 3.8) is 0 Å². The van der Waals surface area contributed by atoms with E-state index in [-0.39, 0.29) is 11.9 Å². The van der Waals surface area contributed by atoms with Crippen LogP contribution in [0, 0.1) is 6.92 Å². The number of sulfonamides is 1. The molecule has 0 saturated heterocycles. The maximum absolute atomic E-state index is 12.8. The van der Waals surface area contributed by atoms with Gasteiger partial charge in [0, 0.05) is 23.2 Å². The van der Waals surface area contributed by atoms with Gasteiger partial charge >= 0.3 is 0 Å². The highest BCUT2D eigenvalue weighted by Gasteiger charge is 2.34. The van der Waals surface area contributed by atoms with Crippen molar-refractivity contribution >= 4 is 21.6 Å². The summed E-state index contributed by atoms with van der Waals surface area (Å²) in [6.07, 6.45) is 1.71. The molecule has 7 heteroatoms. The lowest BCUT2D eigenvalue weighted by molar-refractivity contribution is 0.0619. The number of amides is 1. The Morgan fingerprint density at radius 3 is 2.63 bits per heavy atom. The number of aryl methyl sites for hydroxylation is 1. The second kappa shape index (κ2) is 6.88. The third kappa shape index (κ3) is 4.80. The Bertz CT molecular complexity index is 983. The van der Waals surface area contributed by atoms with Crippen LogP contribution in [-0.4, -0.2) is 26.2 Å². The van der Waals surface area contributed by atoms with Crippen LogP contribution >= 0.6 is 0 Å². The Labute approximate surface area is 160 Å². The van der Waals surface area contributed by atoms with Gasteiger partial charge in [0.2, 0.25) is 10.0 Å². The van der Waals surface area contributed by atoms with Gasteiger partial charge in [-0.25, -0.2) is 8.42 Å².